The van der Waals surface area contributed by atoms with E-state index in [2.05, 4.69) is 27.1 Å². The zero-order chi connectivity index (χ0) is 13.8. The minimum atomic E-state index is 0.692. The summed E-state index contributed by atoms with van der Waals surface area (Å²) in [5, 5.41) is 3.12. The molecule has 1 N–H and O–H groups in total. The number of aryl methyl sites for hydroxylation is 1. The highest BCUT2D eigenvalue weighted by Gasteiger charge is 2.14. The summed E-state index contributed by atoms with van der Waals surface area (Å²) in [5.74, 6) is 3.58. The normalized spacial score (nSPS) is 10.5. The molecule has 0 atom stereocenters. The minimum Gasteiger partial charge on any atom is -0.467 e. The lowest BCUT2D eigenvalue weighted by molar-refractivity contribution is 0.506. The van der Waals surface area contributed by atoms with Crippen LogP contribution in [0.3, 0.4) is 0 Å². The van der Waals surface area contributed by atoms with Crippen molar-refractivity contribution in [2.24, 2.45) is 0 Å². The summed E-state index contributed by atoms with van der Waals surface area (Å²) in [6.07, 6.45) is 2.50. The molecule has 2 heterocycles. The summed E-state index contributed by atoms with van der Waals surface area (Å²) in [6, 6.07) is 3.86. The predicted octanol–water partition coefficient (Wildman–Crippen LogP) is 2.62. The van der Waals surface area contributed by atoms with Crippen molar-refractivity contribution >= 4 is 11.6 Å². The van der Waals surface area contributed by atoms with Crippen molar-refractivity contribution in [1.29, 1.82) is 0 Å². The van der Waals surface area contributed by atoms with Gasteiger partial charge in [0, 0.05) is 26.1 Å². The van der Waals surface area contributed by atoms with Crippen molar-refractivity contribution in [1.82, 2.24) is 9.97 Å². The maximum absolute atomic E-state index is 5.38. The van der Waals surface area contributed by atoms with Gasteiger partial charge in [0.05, 0.1) is 12.8 Å². The largest absolute Gasteiger partial charge is 0.467 e. The average Bonchev–Trinajstić information content (AvgIpc) is 2.91. The standard InChI is InChI=1S/C14H20N4O/c1-5-12-16-13(15-3)10(2)14(17-12)18(4)9-11-7-6-8-19-11/h6-8H,5,9H2,1-4H3,(H,15,16,17). The maximum Gasteiger partial charge on any atom is 0.137 e. The number of nitrogens with one attached hydrogen (secondary N) is 1. The number of anilines is 2. The fourth-order valence-corrected chi connectivity index (χ4v) is 2.03. The number of rotatable bonds is 5. The Morgan fingerprint density at radius 3 is 2.74 bits per heavy atom. The zero-order valence-electron chi connectivity index (χ0n) is 11.9. The van der Waals surface area contributed by atoms with Crippen LogP contribution in [0.5, 0.6) is 0 Å². The van der Waals surface area contributed by atoms with E-state index in [1.807, 2.05) is 33.2 Å². The predicted molar refractivity (Wildman–Crippen MR) is 76.5 cm³/mol. The maximum atomic E-state index is 5.38. The second-order valence-electron chi connectivity index (χ2n) is 4.48. The van der Waals surface area contributed by atoms with Crippen molar-refractivity contribution in [2.75, 3.05) is 24.3 Å². The fourth-order valence-electron chi connectivity index (χ4n) is 2.03. The molecule has 5 nitrogen and oxygen atoms in total. The smallest absolute Gasteiger partial charge is 0.137 e. The van der Waals surface area contributed by atoms with Crippen LogP contribution in [0.1, 0.15) is 24.1 Å². The molecule has 0 spiro atoms. The molecule has 0 aliphatic rings. The molecule has 0 radical (unpaired) electrons. The van der Waals surface area contributed by atoms with Crippen molar-refractivity contribution < 1.29 is 4.42 Å². The Morgan fingerprint density at radius 2 is 2.16 bits per heavy atom. The lowest BCUT2D eigenvalue weighted by atomic mass is 10.2. The van der Waals surface area contributed by atoms with Crippen LogP contribution in [-0.2, 0) is 13.0 Å². The van der Waals surface area contributed by atoms with Gasteiger partial charge in [-0.05, 0) is 19.1 Å². The van der Waals surface area contributed by atoms with E-state index in [0.717, 1.165) is 35.2 Å². The lowest BCUT2D eigenvalue weighted by Crippen LogP contribution is -2.20. The van der Waals surface area contributed by atoms with E-state index in [9.17, 15) is 0 Å². The Morgan fingerprint density at radius 1 is 1.37 bits per heavy atom. The van der Waals surface area contributed by atoms with Crippen LogP contribution in [0.25, 0.3) is 0 Å². The molecule has 0 unspecified atom stereocenters. The van der Waals surface area contributed by atoms with Crippen LogP contribution in [0.15, 0.2) is 22.8 Å². The summed E-state index contributed by atoms with van der Waals surface area (Å²) in [6.45, 7) is 4.77. The second kappa shape index (κ2) is 5.73. The van der Waals surface area contributed by atoms with Gasteiger partial charge in [-0.1, -0.05) is 6.92 Å². The van der Waals surface area contributed by atoms with Crippen molar-refractivity contribution in [2.45, 2.75) is 26.8 Å². The van der Waals surface area contributed by atoms with Crippen LogP contribution in [0.4, 0.5) is 11.6 Å². The molecule has 2 rings (SSSR count). The minimum absolute atomic E-state index is 0.692. The highest BCUT2D eigenvalue weighted by molar-refractivity contribution is 5.58. The first-order valence-corrected chi connectivity index (χ1v) is 6.44. The van der Waals surface area contributed by atoms with Gasteiger partial charge in [-0.15, -0.1) is 0 Å². The van der Waals surface area contributed by atoms with Gasteiger partial charge >= 0.3 is 0 Å². The quantitative estimate of drug-likeness (QED) is 0.895. The Bertz CT molecular complexity index is 537. The van der Waals surface area contributed by atoms with Crippen LogP contribution in [-0.4, -0.2) is 24.1 Å². The summed E-state index contributed by atoms with van der Waals surface area (Å²) in [4.78, 5) is 11.2. The molecule has 0 aromatic carbocycles. The van der Waals surface area contributed by atoms with E-state index in [1.54, 1.807) is 6.26 Å². The summed E-state index contributed by atoms with van der Waals surface area (Å²) >= 11 is 0. The molecule has 0 saturated carbocycles. The molecule has 0 bridgehead atoms. The van der Waals surface area contributed by atoms with Crippen LogP contribution in [0, 0.1) is 6.92 Å². The third-order valence-corrected chi connectivity index (χ3v) is 3.05. The van der Waals surface area contributed by atoms with E-state index >= 15 is 0 Å². The Kier molecular flexibility index (Phi) is 4.04. The Balaban J connectivity index is 2.31. The molecule has 0 saturated heterocycles. The van der Waals surface area contributed by atoms with E-state index in [1.165, 1.54) is 0 Å². The molecular formula is C14H20N4O. The van der Waals surface area contributed by atoms with Gasteiger partial charge in [0.15, 0.2) is 0 Å². The molecule has 19 heavy (non-hydrogen) atoms. The molecule has 0 fully saturated rings. The monoisotopic (exact) mass is 260 g/mol. The van der Waals surface area contributed by atoms with Gasteiger partial charge in [-0.2, -0.15) is 0 Å². The third-order valence-electron chi connectivity index (χ3n) is 3.05. The SMILES string of the molecule is CCc1nc(NC)c(C)c(N(C)Cc2ccco2)n1. The van der Waals surface area contributed by atoms with Crippen LogP contribution < -0.4 is 10.2 Å². The van der Waals surface area contributed by atoms with E-state index < -0.39 is 0 Å². The topological polar surface area (TPSA) is 54.2 Å². The molecule has 5 heteroatoms. The molecule has 0 aliphatic heterocycles. The number of hydrogen-bond acceptors (Lipinski definition) is 5. The van der Waals surface area contributed by atoms with Crippen molar-refractivity contribution in [3.63, 3.8) is 0 Å². The van der Waals surface area contributed by atoms with E-state index in [4.69, 9.17) is 4.42 Å². The molecule has 2 aromatic heterocycles. The molecule has 102 valence electrons. The van der Waals surface area contributed by atoms with E-state index in [0.29, 0.717) is 6.54 Å². The van der Waals surface area contributed by atoms with E-state index in [-0.39, 0.29) is 0 Å². The van der Waals surface area contributed by atoms with Crippen molar-refractivity contribution in [3.05, 3.63) is 35.5 Å². The number of furan rings is 1. The Labute approximate surface area is 113 Å². The van der Waals surface area contributed by atoms with Gasteiger partial charge in [0.25, 0.3) is 0 Å². The van der Waals surface area contributed by atoms with Crippen molar-refractivity contribution in [3.8, 4) is 0 Å². The molecule has 2 aromatic rings. The number of nitrogens with zero attached hydrogens (tertiary/aromatic N) is 3. The van der Waals surface area contributed by atoms with Gasteiger partial charge in [0.1, 0.15) is 23.2 Å². The number of aromatic nitrogens is 2. The number of hydrogen-bond donors (Lipinski definition) is 1. The first-order chi connectivity index (χ1) is 9.15. The first-order valence-electron chi connectivity index (χ1n) is 6.44. The highest BCUT2D eigenvalue weighted by atomic mass is 16.3. The van der Waals surface area contributed by atoms with Gasteiger partial charge < -0.3 is 14.6 Å². The lowest BCUT2D eigenvalue weighted by Gasteiger charge is -2.21. The van der Waals surface area contributed by atoms with Gasteiger partial charge in [-0.25, -0.2) is 9.97 Å². The molecule has 0 aliphatic carbocycles. The van der Waals surface area contributed by atoms with Gasteiger partial charge in [-0.3, -0.25) is 0 Å². The summed E-state index contributed by atoms with van der Waals surface area (Å²) in [5.41, 5.74) is 1.05. The average molecular weight is 260 g/mol. The molecular weight excluding hydrogens is 240 g/mol. The second-order valence-corrected chi connectivity index (χ2v) is 4.48. The third kappa shape index (κ3) is 2.86. The summed E-state index contributed by atoms with van der Waals surface area (Å²) in [7, 11) is 3.89. The fraction of sp³-hybridized carbons (Fsp3) is 0.429. The molecule has 0 amide bonds. The Hall–Kier alpha value is -2.04. The van der Waals surface area contributed by atoms with Crippen LogP contribution >= 0.6 is 0 Å². The van der Waals surface area contributed by atoms with Gasteiger partial charge in [0.2, 0.25) is 0 Å². The zero-order valence-corrected chi connectivity index (χ0v) is 11.9. The van der Waals surface area contributed by atoms with Crippen LogP contribution in [0.2, 0.25) is 0 Å². The highest BCUT2D eigenvalue weighted by Crippen LogP contribution is 2.24. The summed E-state index contributed by atoms with van der Waals surface area (Å²) < 4.78 is 5.38. The first kappa shape index (κ1) is 13.4.